The second-order valence-electron chi connectivity index (χ2n) is 5.45. The molecule has 0 aromatic carbocycles. The number of ether oxygens (including phenoxy) is 2. The van der Waals surface area contributed by atoms with E-state index >= 15 is 0 Å². The Morgan fingerprint density at radius 2 is 2.22 bits per heavy atom. The van der Waals surface area contributed by atoms with E-state index in [0.717, 1.165) is 26.0 Å². The zero-order valence-electron chi connectivity index (χ0n) is 11.5. The van der Waals surface area contributed by atoms with Crippen LogP contribution in [-0.4, -0.2) is 38.4 Å². The SMILES string of the molecule is CCOC1CC(NCCCC(=O)OC)C12CCC2. The zero-order valence-corrected chi connectivity index (χ0v) is 11.5. The lowest BCUT2D eigenvalue weighted by molar-refractivity contribution is -0.172. The van der Waals surface area contributed by atoms with Crippen molar-refractivity contribution >= 4 is 5.97 Å². The molecule has 104 valence electrons. The van der Waals surface area contributed by atoms with Gasteiger partial charge in [-0.05, 0) is 39.2 Å². The Labute approximate surface area is 109 Å². The van der Waals surface area contributed by atoms with Crippen LogP contribution in [0.2, 0.25) is 0 Å². The number of nitrogens with one attached hydrogen (secondary N) is 1. The third kappa shape index (κ3) is 2.54. The number of carbonyl (C=O) groups is 1. The molecule has 0 bridgehead atoms. The minimum Gasteiger partial charge on any atom is -0.469 e. The standard InChI is InChI=1S/C14H25NO3/c1-3-18-12-10-11(14(12)7-5-8-14)15-9-4-6-13(16)17-2/h11-12,15H,3-10H2,1-2H3. The van der Waals surface area contributed by atoms with Crippen LogP contribution >= 0.6 is 0 Å². The lowest BCUT2D eigenvalue weighted by Gasteiger charge is -2.61. The highest BCUT2D eigenvalue weighted by atomic mass is 16.5. The van der Waals surface area contributed by atoms with Gasteiger partial charge in [0.1, 0.15) is 0 Å². The van der Waals surface area contributed by atoms with Crippen molar-refractivity contribution in [3.05, 3.63) is 0 Å². The second-order valence-corrected chi connectivity index (χ2v) is 5.45. The molecule has 2 aliphatic rings. The number of hydrogen-bond donors (Lipinski definition) is 1. The molecule has 0 radical (unpaired) electrons. The van der Waals surface area contributed by atoms with Crippen molar-refractivity contribution in [2.75, 3.05) is 20.3 Å². The first-order valence-corrected chi connectivity index (χ1v) is 7.14. The van der Waals surface area contributed by atoms with E-state index in [4.69, 9.17) is 4.74 Å². The molecule has 2 saturated carbocycles. The number of esters is 1. The quantitative estimate of drug-likeness (QED) is 0.557. The van der Waals surface area contributed by atoms with E-state index < -0.39 is 0 Å². The summed E-state index contributed by atoms with van der Waals surface area (Å²) in [5.74, 6) is -0.115. The van der Waals surface area contributed by atoms with Crippen LogP contribution in [0.1, 0.15) is 45.4 Å². The van der Waals surface area contributed by atoms with E-state index in [9.17, 15) is 4.79 Å². The van der Waals surface area contributed by atoms with Crippen LogP contribution in [0.5, 0.6) is 0 Å². The van der Waals surface area contributed by atoms with E-state index in [-0.39, 0.29) is 5.97 Å². The summed E-state index contributed by atoms with van der Waals surface area (Å²) < 4.78 is 10.4. The Hall–Kier alpha value is -0.610. The Morgan fingerprint density at radius 1 is 1.44 bits per heavy atom. The summed E-state index contributed by atoms with van der Waals surface area (Å²) in [6.45, 7) is 3.80. The summed E-state index contributed by atoms with van der Waals surface area (Å²) in [6, 6.07) is 0.598. The zero-order chi connectivity index (χ0) is 13.0. The van der Waals surface area contributed by atoms with Crippen LogP contribution in [0.15, 0.2) is 0 Å². The topological polar surface area (TPSA) is 47.6 Å². The Morgan fingerprint density at radius 3 is 2.78 bits per heavy atom. The van der Waals surface area contributed by atoms with Crippen molar-refractivity contribution in [3.63, 3.8) is 0 Å². The molecule has 4 heteroatoms. The summed E-state index contributed by atoms with van der Waals surface area (Å²) in [7, 11) is 1.44. The third-order valence-corrected chi connectivity index (χ3v) is 4.61. The molecule has 2 unspecified atom stereocenters. The number of rotatable bonds is 7. The molecule has 0 saturated heterocycles. The molecule has 1 N–H and O–H groups in total. The average molecular weight is 255 g/mol. The molecule has 0 amide bonds. The number of methoxy groups -OCH3 is 1. The van der Waals surface area contributed by atoms with Crippen molar-refractivity contribution in [1.82, 2.24) is 5.32 Å². The van der Waals surface area contributed by atoms with E-state index in [2.05, 4.69) is 17.0 Å². The molecule has 2 fully saturated rings. The van der Waals surface area contributed by atoms with E-state index in [0.29, 0.717) is 24.0 Å². The van der Waals surface area contributed by atoms with Crippen molar-refractivity contribution in [1.29, 1.82) is 0 Å². The van der Waals surface area contributed by atoms with E-state index in [1.807, 2.05) is 0 Å². The normalized spacial score (nSPS) is 28.6. The van der Waals surface area contributed by atoms with Gasteiger partial charge in [0.25, 0.3) is 0 Å². The molecule has 2 rings (SSSR count). The minimum atomic E-state index is -0.115. The first-order valence-electron chi connectivity index (χ1n) is 7.14. The first kappa shape index (κ1) is 13.8. The van der Waals surface area contributed by atoms with E-state index in [1.54, 1.807) is 0 Å². The van der Waals surface area contributed by atoms with Gasteiger partial charge in [0.2, 0.25) is 0 Å². The van der Waals surface area contributed by atoms with E-state index in [1.165, 1.54) is 26.4 Å². The number of hydrogen-bond acceptors (Lipinski definition) is 4. The first-order chi connectivity index (χ1) is 8.73. The smallest absolute Gasteiger partial charge is 0.305 e. The maximum absolute atomic E-state index is 11.0. The molecule has 2 atom stereocenters. The van der Waals surface area contributed by atoms with Crippen molar-refractivity contribution in [2.24, 2.45) is 5.41 Å². The van der Waals surface area contributed by atoms with Gasteiger partial charge in [-0.15, -0.1) is 0 Å². The van der Waals surface area contributed by atoms with Crippen LogP contribution in [0.25, 0.3) is 0 Å². The fourth-order valence-electron chi connectivity index (χ4n) is 3.34. The number of carbonyl (C=O) groups excluding carboxylic acids is 1. The van der Waals surface area contributed by atoms with Crippen molar-refractivity contribution < 1.29 is 14.3 Å². The monoisotopic (exact) mass is 255 g/mol. The fourth-order valence-corrected chi connectivity index (χ4v) is 3.34. The summed E-state index contributed by atoms with van der Waals surface area (Å²) in [5, 5.41) is 3.59. The lowest BCUT2D eigenvalue weighted by Crippen LogP contribution is -2.66. The fraction of sp³-hybridized carbons (Fsp3) is 0.929. The largest absolute Gasteiger partial charge is 0.469 e. The Balaban J connectivity index is 1.67. The summed E-state index contributed by atoms with van der Waals surface area (Å²) in [6.07, 6.45) is 6.90. The second kappa shape index (κ2) is 6.02. The molecule has 1 spiro atoms. The minimum absolute atomic E-state index is 0.115. The summed E-state index contributed by atoms with van der Waals surface area (Å²) in [4.78, 5) is 11.0. The van der Waals surface area contributed by atoms with Gasteiger partial charge in [-0.25, -0.2) is 0 Å². The van der Waals surface area contributed by atoms with Gasteiger partial charge in [-0.2, -0.15) is 0 Å². The summed E-state index contributed by atoms with van der Waals surface area (Å²) in [5.41, 5.74) is 0.418. The van der Waals surface area contributed by atoms with Gasteiger partial charge < -0.3 is 14.8 Å². The van der Waals surface area contributed by atoms with Crippen LogP contribution in [0.3, 0.4) is 0 Å². The van der Waals surface area contributed by atoms with Gasteiger partial charge in [-0.3, -0.25) is 4.79 Å². The van der Waals surface area contributed by atoms with Gasteiger partial charge in [0, 0.05) is 24.5 Å². The lowest BCUT2D eigenvalue weighted by atomic mass is 9.51. The highest BCUT2D eigenvalue weighted by Crippen LogP contribution is 2.57. The molecule has 0 aromatic rings. The molecule has 4 nitrogen and oxygen atoms in total. The molecule has 18 heavy (non-hydrogen) atoms. The van der Waals surface area contributed by atoms with Gasteiger partial charge >= 0.3 is 5.97 Å². The van der Waals surface area contributed by atoms with Crippen molar-refractivity contribution in [3.8, 4) is 0 Å². The van der Waals surface area contributed by atoms with Crippen LogP contribution in [0, 0.1) is 5.41 Å². The molecule has 2 aliphatic carbocycles. The third-order valence-electron chi connectivity index (χ3n) is 4.61. The molecular weight excluding hydrogens is 230 g/mol. The maximum atomic E-state index is 11.0. The average Bonchev–Trinajstić information content (AvgIpc) is 2.29. The molecule has 0 aromatic heterocycles. The highest BCUT2D eigenvalue weighted by Gasteiger charge is 2.58. The molecule has 0 aliphatic heterocycles. The van der Waals surface area contributed by atoms with Gasteiger partial charge in [0.05, 0.1) is 13.2 Å². The van der Waals surface area contributed by atoms with Crippen molar-refractivity contribution in [2.45, 2.75) is 57.6 Å². The van der Waals surface area contributed by atoms with Gasteiger partial charge in [-0.1, -0.05) is 6.42 Å². The Kier molecular flexibility index (Phi) is 4.62. The van der Waals surface area contributed by atoms with Crippen LogP contribution < -0.4 is 5.32 Å². The van der Waals surface area contributed by atoms with Crippen LogP contribution in [0.4, 0.5) is 0 Å². The van der Waals surface area contributed by atoms with Gasteiger partial charge in [0.15, 0.2) is 0 Å². The van der Waals surface area contributed by atoms with Crippen LogP contribution in [-0.2, 0) is 14.3 Å². The molecular formula is C14H25NO3. The summed E-state index contributed by atoms with van der Waals surface area (Å²) >= 11 is 0. The maximum Gasteiger partial charge on any atom is 0.305 e. The predicted octanol–water partition coefficient (Wildman–Crippen LogP) is 1.88. The Bertz CT molecular complexity index is 289. The predicted molar refractivity (Wildman–Crippen MR) is 69.4 cm³/mol. The highest BCUT2D eigenvalue weighted by molar-refractivity contribution is 5.69. The molecule has 0 heterocycles.